The van der Waals surface area contributed by atoms with Crippen LogP contribution in [0.15, 0.2) is 66.7 Å². The van der Waals surface area contributed by atoms with Crippen LogP contribution in [0.2, 0.25) is 0 Å². The van der Waals surface area contributed by atoms with Gasteiger partial charge in [-0.1, -0.05) is 36.4 Å². The van der Waals surface area contributed by atoms with Crippen molar-refractivity contribution < 1.29 is 14.0 Å². The molecule has 6 heteroatoms. The predicted molar refractivity (Wildman–Crippen MR) is 139 cm³/mol. The molecule has 5 rings (SSSR count). The molecule has 0 radical (unpaired) electrons. The number of rotatable bonds is 5. The number of fused-ring (bicyclic) bond motifs is 1. The van der Waals surface area contributed by atoms with Gasteiger partial charge in [0, 0.05) is 49.9 Å². The maximum Gasteiger partial charge on any atom is 0.253 e. The lowest BCUT2D eigenvalue weighted by molar-refractivity contribution is -0.126. The molecule has 0 aliphatic carbocycles. The van der Waals surface area contributed by atoms with E-state index in [0.29, 0.717) is 43.6 Å². The van der Waals surface area contributed by atoms with Crippen LogP contribution >= 0.6 is 0 Å². The monoisotopic (exact) mass is 485 g/mol. The molecule has 3 aromatic rings. The van der Waals surface area contributed by atoms with Crippen LogP contribution in [0.25, 0.3) is 0 Å². The quantitative estimate of drug-likeness (QED) is 0.561. The zero-order valence-corrected chi connectivity index (χ0v) is 20.7. The predicted octanol–water partition coefficient (Wildman–Crippen LogP) is 4.87. The summed E-state index contributed by atoms with van der Waals surface area (Å²) in [7, 11) is 0. The Bertz CT molecular complexity index is 1250. The number of benzene rings is 3. The maximum absolute atomic E-state index is 13.7. The normalized spacial score (nSPS) is 15.9. The molecule has 0 atom stereocenters. The van der Waals surface area contributed by atoms with Gasteiger partial charge in [0.1, 0.15) is 5.82 Å². The smallest absolute Gasteiger partial charge is 0.253 e. The van der Waals surface area contributed by atoms with Crippen LogP contribution in [-0.2, 0) is 24.3 Å². The summed E-state index contributed by atoms with van der Waals surface area (Å²) in [6.45, 7) is 5.00. The van der Waals surface area contributed by atoms with Gasteiger partial charge in [0.15, 0.2) is 0 Å². The van der Waals surface area contributed by atoms with Crippen molar-refractivity contribution >= 4 is 17.5 Å². The fourth-order valence-electron chi connectivity index (χ4n) is 5.14. The van der Waals surface area contributed by atoms with Crippen LogP contribution < -0.4 is 10.2 Å². The molecule has 0 aromatic heterocycles. The van der Waals surface area contributed by atoms with Crippen molar-refractivity contribution in [3.8, 4) is 0 Å². The van der Waals surface area contributed by atoms with Crippen LogP contribution in [0.1, 0.15) is 45.5 Å². The lowest BCUT2D eigenvalue weighted by atomic mass is 9.95. The maximum atomic E-state index is 13.7. The van der Waals surface area contributed by atoms with E-state index in [4.69, 9.17) is 0 Å². The molecule has 1 fully saturated rings. The number of carbonyl (C=O) groups excluding carboxylic acids is 2. The Hall–Kier alpha value is -3.67. The molecule has 0 saturated carbocycles. The summed E-state index contributed by atoms with van der Waals surface area (Å²) in [5.74, 6) is -0.411. The standard InChI is InChI=1S/C30H32FN3O2/c1-21-6-7-22(18-28(21)31)19-32-29(35)24-13-15-33(16-14-24)30(36)25-8-10-27(11-9-25)34-17-12-23-4-2-3-5-26(23)20-34/h2-11,18,24H,12-17,19-20H2,1H3,(H,32,35). The van der Waals surface area contributed by atoms with Crippen LogP contribution in [0.3, 0.4) is 0 Å². The highest BCUT2D eigenvalue weighted by Crippen LogP contribution is 2.26. The number of nitrogens with zero attached hydrogens (tertiary/aromatic N) is 2. The average Bonchev–Trinajstić information content (AvgIpc) is 2.93. The number of piperidine rings is 1. The number of hydrogen-bond donors (Lipinski definition) is 1. The summed E-state index contributed by atoms with van der Waals surface area (Å²) in [4.78, 5) is 29.9. The molecule has 2 aliphatic heterocycles. The zero-order chi connectivity index (χ0) is 25.1. The first kappa shape index (κ1) is 24.0. The Labute approximate surface area is 211 Å². The third-order valence-electron chi connectivity index (χ3n) is 7.47. The van der Waals surface area contributed by atoms with Crippen molar-refractivity contribution in [3.05, 3.63) is 100 Å². The van der Waals surface area contributed by atoms with Crippen molar-refractivity contribution in [2.45, 2.75) is 39.3 Å². The van der Waals surface area contributed by atoms with Crippen molar-refractivity contribution in [2.75, 3.05) is 24.5 Å². The van der Waals surface area contributed by atoms with Gasteiger partial charge in [-0.05, 0) is 78.8 Å². The second-order valence-electron chi connectivity index (χ2n) is 9.85. The molecule has 2 heterocycles. The first-order valence-electron chi connectivity index (χ1n) is 12.7. The second kappa shape index (κ2) is 10.5. The number of likely N-dealkylation sites (tertiary alicyclic amines) is 1. The SMILES string of the molecule is Cc1ccc(CNC(=O)C2CCN(C(=O)c3ccc(N4CCc5ccccc5C4)cc3)CC2)cc1F. The van der Waals surface area contributed by atoms with Gasteiger partial charge >= 0.3 is 0 Å². The van der Waals surface area contributed by atoms with Gasteiger partial charge in [-0.2, -0.15) is 0 Å². The van der Waals surface area contributed by atoms with Crippen LogP contribution in [0.4, 0.5) is 10.1 Å². The molecule has 36 heavy (non-hydrogen) atoms. The topological polar surface area (TPSA) is 52.7 Å². The Morgan fingerprint density at radius 3 is 2.39 bits per heavy atom. The lowest BCUT2D eigenvalue weighted by Gasteiger charge is -2.32. The fraction of sp³-hybridized carbons (Fsp3) is 0.333. The van der Waals surface area contributed by atoms with Gasteiger partial charge in [-0.15, -0.1) is 0 Å². The van der Waals surface area contributed by atoms with Gasteiger partial charge in [0.25, 0.3) is 5.91 Å². The Kier molecular flexibility index (Phi) is 7.03. The zero-order valence-electron chi connectivity index (χ0n) is 20.7. The highest BCUT2D eigenvalue weighted by molar-refractivity contribution is 5.94. The first-order chi connectivity index (χ1) is 17.5. The summed E-state index contributed by atoms with van der Waals surface area (Å²) in [6.07, 6.45) is 2.29. The van der Waals surface area contributed by atoms with E-state index in [1.807, 2.05) is 35.2 Å². The van der Waals surface area contributed by atoms with Crippen molar-refractivity contribution in [3.63, 3.8) is 0 Å². The molecule has 2 aliphatic rings. The van der Waals surface area contributed by atoms with Crippen LogP contribution in [-0.4, -0.2) is 36.3 Å². The second-order valence-corrected chi connectivity index (χ2v) is 9.85. The summed E-state index contributed by atoms with van der Waals surface area (Å²) in [6, 6.07) is 21.5. The van der Waals surface area contributed by atoms with E-state index < -0.39 is 0 Å². The summed E-state index contributed by atoms with van der Waals surface area (Å²) < 4.78 is 13.7. The van der Waals surface area contributed by atoms with Gasteiger partial charge in [0.05, 0.1) is 0 Å². The number of halogens is 1. The Morgan fingerprint density at radius 2 is 1.67 bits per heavy atom. The van der Waals surface area contributed by atoms with Gasteiger partial charge < -0.3 is 15.1 Å². The van der Waals surface area contributed by atoms with Gasteiger partial charge in [0.2, 0.25) is 5.91 Å². The molecule has 186 valence electrons. The molecule has 2 amide bonds. The average molecular weight is 486 g/mol. The van der Waals surface area contributed by atoms with Crippen LogP contribution in [0, 0.1) is 18.7 Å². The summed E-state index contributed by atoms with van der Waals surface area (Å²) in [5, 5.41) is 2.92. The van der Waals surface area contributed by atoms with Crippen LogP contribution in [0.5, 0.6) is 0 Å². The minimum absolute atomic E-state index is 0.0135. The van der Waals surface area contributed by atoms with Crippen molar-refractivity contribution in [2.24, 2.45) is 5.92 Å². The summed E-state index contributed by atoms with van der Waals surface area (Å²) in [5.41, 5.74) is 5.93. The highest BCUT2D eigenvalue weighted by atomic mass is 19.1. The van der Waals surface area contributed by atoms with E-state index in [9.17, 15) is 14.0 Å². The molecule has 0 bridgehead atoms. The molecular weight excluding hydrogens is 453 g/mol. The number of nitrogens with one attached hydrogen (secondary N) is 1. The molecule has 3 aromatic carbocycles. The number of carbonyl (C=O) groups is 2. The highest BCUT2D eigenvalue weighted by Gasteiger charge is 2.28. The third kappa shape index (κ3) is 5.27. The Balaban J connectivity index is 1.12. The largest absolute Gasteiger partial charge is 0.367 e. The van der Waals surface area contributed by atoms with E-state index in [1.165, 1.54) is 17.2 Å². The van der Waals surface area contributed by atoms with E-state index in [2.05, 4.69) is 34.5 Å². The van der Waals surface area contributed by atoms with Crippen molar-refractivity contribution in [1.29, 1.82) is 0 Å². The molecular formula is C30H32FN3O2. The fourth-order valence-corrected chi connectivity index (χ4v) is 5.14. The van der Waals surface area contributed by atoms with Gasteiger partial charge in [-0.25, -0.2) is 4.39 Å². The minimum Gasteiger partial charge on any atom is -0.367 e. The molecule has 1 N–H and O–H groups in total. The Morgan fingerprint density at radius 1 is 0.944 bits per heavy atom. The van der Waals surface area contributed by atoms with Gasteiger partial charge in [-0.3, -0.25) is 9.59 Å². The van der Waals surface area contributed by atoms with E-state index in [-0.39, 0.29) is 23.5 Å². The molecule has 1 saturated heterocycles. The molecule has 5 nitrogen and oxygen atoms in total. The number of hydrogen-bond acceptors (Lipinski definition) is 3. The van der Waals surface area contributed by atoms with E-state index in [1.54, 1.807) is 13.0 Å². The van der Waals surface area contributed by atoms with E-state index in [0.717, 1.165) is 30.8 Å². The van der Waals surface area contributed by atoms with E-state index >= 15 is 0 Å². The summed E-state index contributed by atoms with van der Waals surface area (Å²) >= 11 is 0. The molecule has 0 unspecified atom stereocenters. The lowest BCUT2D eigenvalue weighted by Crippen LogP contribution is -2.43. The number of aryl methyl sites for hydroxylation is 1. The van der Waals surface area contributed by atoms with Crippen molar-refractivity contribution in [1.82, 2.24) is 10.2 Å². The first-order valence-corrected chi connectivity index (χ1v) is 12.7. The number of anilines is 1. The number of amides is 2. The third-order valence-corrected chi connectivity index (χ3v) is 7.47. The minimum atomic E-state index is -0.261. The molecule has 0 spiro atoms.